The van der Waals surface area contributed by atoms with Crippen molar-refractivity contribution in [2.24, 2.45) is 14.1 Å². The molecule has 8 nitrogen and oxygen atoms in total. The van der Waals surface area contributed by atoms with E-state index < -0.39 is 34.4 Å². The topological polar surface area (TPSA) is 93.8 Å². The molecule has 2 aromatic heterocycles. The maximum atomic E-state index is 12.8. The third kappa shape index (κ3) is 3.20. The lowest BCUT2D eigenvalue weighted by atomic mass is 10.3. The van der Waals surface area contributed by atoms with Gasteiger partial charge in [0.05, 0.1) is 5.69 Å². The van der Waals surface area contributed by atoms with Crippen molar-refractivity contribution >= 4 is 29.1 Å². The lowest BCUT2D eigenvalue weighted by Gasteiger charge is -2.05. The summed E-state index contributed by atoms with van der Waals surface area (Å²) in [4.78, 5) is 24.0. The van der Waals surface area contributed by atoms with E-state index >= 15 is 0 Å². The van der Waals surface area contributed by atoms with Gasteiger partial charge in [0.2, 0.25) is 0 Å². The van der Waals surface area contributed by atoms with Crippen LogP contribution in [0.4, 0.5) is 18.9 Å². The van der Waals surface area contributed by atoms with E-state index in [2.05, 4.69) is 20.8 Å². The number of amides is 2. The molecule has 0 aliphatic rings. The Kier molecular flexibility index (Phi) is 4.56. The molecule has 0 aliphatic heterocycles. The standard InChI is InChI=1S/C12H12ClF3N6O2/c1-17-10(23)7-5(4-21(2)19-7)18-11(24)8-6(13)9(12(14,15)16)20-22(8)3/h4H,1-3H3,(H,17,23)(H,18,24). The lowest BCUT2D eigenvalue weighted by molar-refractivity contribution is -0.141. The summed E-state index contributed by atoms with van der Waals surface area (Å²) in [6.07, 6.45) is -3.47. The second-order valence-electron chi connectivity index (χ2n) is 4.73. The normalized spacial score (nSPS) is 11.5. The number of carbonyl (C=O) groups excluding carboxylic acids is 2. The average Bonchev–Trinajstić information content (AvgIpc) is 2.97. The van der Waals surface area contributed by atoms with Gasteiger partial charge in [-0.15, -0.1) is 0 Å². The van der Waals surface area contributed by atoms with Gasteiger partial charge in [-0.05, 0) is 0 Å². The fraction of sp³-hybridized carbons (Fsp3) is 0.333. The highest BCUT2D eigenvalue weighted by atomic mass is 35.5. The minimum Gasteiger partial charge on any atom is -0.354 e. The molecule has 0 aromatic carbocycles. The fourth-order valence-electron chi connectivity index (χ4n) is 1.97. The average molecular weight is 365 g/mol. The Morgan fingerprint density at radius 1 is 1.21 bits per heavy atom. The van der Waals surface area contributed by atoms with Crippen molar-refractivity contribution in [1.29, 1.82) is 0 Å². The van der Waals surface area contributed by atoms with Crippen LogP contribution in [0, 0.1) is 0 Å². The number of hydrogen-bond donors (Lipinski definition) is 2. The summed E-state index contributed by atoms with van der Waals surface area (Å²) in [5.74, 6) is -1.53. The van der Waals surface area contributed by atoms with E-state index in [1.54, 1.807) is 0 Å². The number of hydrogen-bond acceptors (Lipinski definition) is 4. The van der Waals surface area contributed by atoms with E-state index in [4.69, 9.17) is 11.6 Å². The van der Waals surface area contributed by atoms with Crippen molar-refractivity contribution in [3.05, 3.63) is 28.3 Å². The van der Waals surface area contributed by atoms with Gasteiger partial charge in [0, 0.05) is 27.3 Å². The first kappa shape index (κ1) is 17.8. The fourth-order valence-corrected chi connectivity index (χ4v) is 2.33. The van der Waals surface area contributed by atoms with Gasteiger partial charge in [0.15, 0.2) is 11.4 Å². The Labute approximate surface area is 138 Å². The Balaban J connectivity index is 2.39. The molecular formula is C12H12ClF3N6O2. The van der Waals surface area contributed by atoms with Gasteiger partial charge in [-0.3, -0.25) is 19.0 Å². The number of halogens is 4. The van der Waals surface area contributed by atoms with Crippen LogP contribution in [0.3, 0.4) is 0 Å². The number of nitrogens with zero attached hydrogens (tertiary/aromatic N) is 4. The van der Waals surface area contributed by atoms with Crippen LogP contribution < -0.4 is 10.6 Å². The van der Waals surface area contributed by atoms with Gasteiger partial charge >= 0.3 is 6.18 Å². The van der Waals surface area contributed by atoms with Gasteiger partial charge in [-0.25, -0.2) is 0 Å². The summed E-state index contributed by atoms with van der Waals surface area (Å²) < 4.78 is 40.4. The number of nitrogens with one attached hydrogen (secondary N) is 2. The summed E-state index contributed by atoms with van der Waals surface area (Å²) in [5.41, 5.74) is -1.93. The SMILES string of the molecule is CNC(=O)c1nn(C)cc1NC(=O)c1c(Cl)c(C(F)(F)F)nn1C. The number of anilines is 1. The van der Waals surface area contributed by atoms with E-state index in [1.165, 1.54) is 25.0 Å². The molecule has 2 amide bonds. The molecule has 2 rings (SSSR count). The van der Waals surface area contributed by atoms with Gasteiger partial charge in [0.25, 0.3) is 11.8 Å². The largest absolute Gasteiger partial charge is 0.436 e. The molecule has 0 saturated carbocycles. The Morgan fingerprint density at radius 2 is 1.83 bits per heavy atom. The van der Waals surface area contributed by atoms with Crippen LogP contribution in [-0.4, -0.2) is 38.4 Å². The predicted molar refractivity (Wildman–Crippen MR) is 77.8 cm³/mol. The number of aryl methyl sites for hydroxylation is 2. The molecule has 0 fully saturated rings. The summed E-state index contributed by atoms with van der Waals surface area (Å²) in [6, 6.07) is 0. The molecule has 2 heterocycles. The zero-order chi connectivity index (χ0) is 18.2. The molecule has 12 heteroatoms. The summed E-state index contributed by atoms with van der Waals surface area (Å²) >= 11 is 5.65. The van der Waals surface area contributed by atoms with Crippen LogP contribution in [-0.2, 0) is 20.3 Å². The molecule has 2 N–H and O–H groups in total. The van der Waals surface area contributed by atoms with Crippen molar-refractivity contribution in [1.82, 2.24) is 24.9 Å². The predicted octanol–water partition coefficient (Wildman–Crippen LogP) is 1.44. The molecule has 0 aliphatic carbocycles. The molecule has 0 spiro atoms. The van der Waals surface area contributed by atoms with Crippen LogP contribution in [0.5, 0.6) is 0 Å². The monoisotopic (exact) mass is 364 g/mol. The Morgan fingerprint density at radius 3 is 2.33 bits per heavy atom. The summed E-state index contributed by atoms with van der Waals surface area (Å²) in [7, 11) is 4.04. The number of rotatable bonds is 3. The smallest absolute Gasteiger partial charge is 0.354 e. The van der Waals surface area contributed by atoms with Crippen molar-refractivity contribution in [2.45, 2.75) is 6.18 Å². The van der Waals surface area contributed by atoms with Crippen LogP contribution in [0.1, 0.15) is 26.7 Å². The molecule has 24 heavy (non-hydrogen) atoms. The first-order valence-electron chi connectivity index (χ1n) is 6.43. The third-order valence-corrected chi connectivity index (χ3v) is 3.35. The van der Waals surface area contributed by atoms with E-state index in [-0.39, 0.29) is 11.4 Å². The molecule has 2 aromatic rings. The number of carbonyl (C=O) groups is 2. The molecule has 0 radical (unpaired) electrons. The minimum atomic E-state index is -4.80. The second kappa shape index (κ2) is 6.15. The molecule has 130 valence electrons. The Hall–Kier alpha value is -2.56. The van der Waals surface area contributed by atoms with Crippen molar-refractivity contribution in [3.63, 3.8) is 0 Å². The highest BCUT2D eigenvalue weighted by molar-refractivity contribution is 6.35. The first-order valence-corrected chi connectivity index (χ1v) is 6.80. The van der Waals surface area contributed by atoms with E-state index in [0.29, 0.717) is 0 Å². The quantitative estimate of drug-likeness (QED) is 0.861. The van der Waals surface area contributed by atoms with Gasteiger partial charge < -0.3 is 10.6 Å². The molecular weight excluding hydrogens is 353 g/mol. The van der Waals surface area contributed by atoms with Crippen molar-refractivity contribution in [3.8, 4) is 0 Å². The first-order chi connectivity index (χ1) is 11.1. The Bertz CT molecular complexity index is 811. The maximum Gasteiger partial charge on any atom is 0.436 e. The zero-order valence-corrected chi connectivity index (χ0v) is 13.5. The van der Waals surface area contributed by atoms with Crippen LogP contribution >= 0.6 is 11.6 Å². The number of aromatic nitrogens is 4. The highest BCUT2D eigenvalue weighted by Gasteiger charge is 2.39. The maximum absolute atomic E-state index is 12.8. The van der Waals surface area contributed by atoms with E-state index in [0.717, 1.165) is 11.7 Å². The van der Waals surface area contributed by atoms with Gasteiger partial charge in [-0.2, -0.15) is 23.4 Å². The molecule has 0 atom stereocenters. The molecule has 0 unspecified atom stereocenters. The van der Waals surface area contributed by atoms with Gasteiger partial charge in [0.1, 0.15) is 10.7 Å². The van der Waals surface area contributed by atoms with Crippen LogP contribution in [0.15, 0.2) is 6.20 Å². The lowest BCUT2D eigenvalue weighted by Crippen LogP contribution is -2.22. The van der Waals surface area contributed by atoms with Crippen LogP contribution in [0.2, 0.25) is 5.02 Å². The molecule has 0 saturated heterocycles. The van der Waals surface area contributed by atoms with Crippen molar-refractivity contribution < 1.29 is 22.8 Å². The highest BCUT2D eigenvalue weighted by Crippen LogP contribution is 2.35. The summed E-state index contributed by atoms with van der Waals surface area (Å²) in [6.45, 7) is 0. The number of alkyl halides is 3. The summed E-state index contributed by atoms with van der Waals surface area (Å²) in [5, 5.41) is 10.9. The van der Waals surface area contributed by atoms with Gasteiger partial charge in [-0.1, -0.05) is 11.6 Å². The van der Waals surface area contributed by atoms with E-state index in [9.17, 15) is 22.8 Å². The zero-order valence-electron chi connectivity index (χ0n) is 12.7. The van der Waals surface area contributed by atoms with Crippen molar-refractivity contribution in [2.75, 3.05) is 12.4 Å². The van der Waals surface area contributed by atoms with E-state index in [1.807, 2.05) is 0 Å². The van der Waals surface area contributed by atoms with Crippen LogP contribution in [0.25, 0.3) is 0 Å². The second-order valence-corrected chi connectivity index (χ2v) is 5.11. The molecule has 0 bridgehead atoms. The minimum absolute atomic E-state index is 0.0210. The third-order valence-electron chi connectivity index (χ3n) is 2.99.